The summed E-state index contributed by atoms with van der Waals surface area (Å²) in [7, 11) is -3.12. The summed E-state index contributed by atoms with van der Waals surface area (Å²) in [5.41, 5.74) is 0. The molecular weight excluding hydrogens is 637 g/mol. The molecule has 0 amide bonds. The summed E-state index contributed by atoms with van der Waals surface area (Å²) in [6, 6.07) is 20.5. The first-order valence-electron chi connectivity index (χ1n) is 20.1. The number of unbranched alkanes of at least 4 members (excludes halogenated alkanes) is 13. The summed E-state index contributed by atoms with van der Waals surface area (Å²) < 4.78 is 17.9. The third kappa shape index (κ3) is 17.8. The van der Waals surface area contributed by atoms with E-state index in [0.29, 0.717) is 32.8 Å². The molecular formula is C44H72O5Si. The second-order valence-electron chi connectivity index (χ2n) is 14.8. The first-order valence-corrected chi connectivity index (χ1v) is 22.1. The van der Waals surface area contributed by atoms with E-state index in [4.69, 9.17) is 14.2 Å². The second-order valence-corrected chi connectivity index (χ2v) is 18.8. The predicted molar refractivity (Wildman–Crippen MR) is 214 cm³/mol. The molecule has 0 radical (unpaired) electrons. The lowest BCUT2D eigenvalue weighted by Gasteiger charge is -2.43. The summed E-state index contributed by atoms with van der Waals surface area (Å²) >= 11 is 0. The molecule has 0 aliphatic carbocycles. The predicted octanol–water partition coefficient (Wildman–Crippen LogP) is 10.3. The minimum Gasteiger partial charge on any atom is -0.461 e. The zero-order chi connectivity index (χ0) is 36.2. The Morgan fingerprint density at radius 2 is 1.16 bits per heavy atom. The molecule has 0 saturated carbocycles. The van der Waals surface area contributed by atoms with Crippen molar-refractivity contribution in [2.75, 3.05) is 33.0 Å². The molecule has 0 aliphatic heterocycles. The van der Waals surface area contributed by atoms with Gasteiger partial charge >= 0.3 is 5.97 Å². The molecule has 0 aromatic heterocycles. The summed E-state index contributed by atoms with van der Waals surface area (Å²) in [6.45, 7) is 12.0. The minimum absolute atomic E-state index is 0.117. The molecule has 50 heavy (non-hydrogen) atoms. The molecule has 282 valence electrons. The standard InChI is InChI=1S/C44H72O5Si/c1-5-7-9-11-13-14-15-17-28-36-49-43(45)33-25-20-27-35-48-39-40(38-47-34-26-16-12-10-8-6-2)37-44(3,4)50(46,41-29-21-18-22-30-41)42-31-23-19-24-32-42/h17-19,21-24,28-32,40,46H,5-16,20,25-27,33-39H2,1-4H3/b28-17-. The quantitative estimate of drug-likeness (QED) is 0.0366. The van der Waals surface area contributed by atoms with Crippen molar-refractivity contribution in [2.45, 2.75) is 148 Å². The Labute approximate surface area is 307 Å². The van der Waals surface area contributed by atoms with Crippen LogP contribution in [-0.4, -0.2) is 52.1 Å². The van der Waals surface area contributed by atoms with Gasteiger partial charge in [0.2, 0.25) is 0 Å². The number of carbonyl (C=O) groups excluding carboxylic acids is 1. The van der Waals surface area contributed by atoms with Crippen LogP contribution < -0.4 is 10.4 Å². The molecule has 0 saturated heterocycles. The highest BCUT2D eigenvalue weighted by Crippen LogP contribution is 2.41. The zero-order valence-electron chi connectivity index (χ0n) is 32.3. The third-order valence-electron chi connectivity index (χ3n) is 9.91. The fourth-order valence-corrected chi connectivity index (χ4v) is 10.7. The fraction of sp³-hybridized carbons (Fsp3) is 0.659. The molecule has 1 N–H and O–H groups in total. The Hall–Kier alpha value is -2.25. The lowest BCUT2D eigenvalue weighted by molar-refractivity contribution is -0.142. The number of allylic oxidation sites excluding steroid dienone is 1. The van der Waals surface area contributed by atoms with Crippen molar-refractivity contribution in [1.82, 2.24) is 0 Å². The van der Waals surface area contributed by atoms with Gasteiger partial charge in [-0.1, -0.05) is 171 Å². The van der Waals surface area contributed by atoms with E-state index in [1.807, 2.05) is 42.5 Å². The first kappa shape index (κ1) is 43.9. The first-order chi connectivity index (χ1) is 24.3. The average molecular weight is 709 g/mol. The number of rotatable bonds is 31. The van der Waals surface area contributed by atoms with E-state index in [9.17, 15) is 9.59 Å². The van der Waals surface area contributed by atoms with Gasteiger partial charge in [-0.15, -0.1) is 0 Å². The van der Waals surface area contributed by atoms with Gasteiger partial charge in [-0.3, -0.25) is 4.79 Å². The Morgan fingerprint density at radius 1 is 0.680 bits per heavy atom. The number of esters is 1. The van der Waals surface area contributed by atoms with E-state index in [-0.39, 0.29) is 16.9 Å². The molecule has 0 heterocycles. The van der Waals surface area contributed by atoms with Crippen molar-refractivity contribution in [3.05, 3.63) is 72.8 Å². The van der Waals surface area contributed by atoms with Crippen LogP contribution in [-0.2, 0) is 19.0 Å². The van der Waals surface area contributed by atoms with Crippen LogP contribution in [0.4, 0.5) is 0 Å². The van der Waals surface area contributed by atoms with Gasteiger partial charge in [0.05, 0.1) is 13.2 Å². The van der Waals surface area contributed by atoms with E-state index < -0.39 is 8.32 Å². The largest absolute Gasteiger partial charge is 0.461 e. The summed E-state index contributed by atoms with van der Waals surface area (Å²) in [5.74, 6) is 0.0501. The number of ether oxygens (including phenoxy) is 3. The van der Waals surface area contributed by atoms with Gasteiger partial charge in [0.1, 0.15) is 6.61 Å². The maximum Gasteiger partial charge on any atom is 0.306 e. The molecule has 6 heteroatoms. The highest BCUT2D eigenvalue weighted by molar-refractivity contribution is 6.98. The summed E-state index contributed by atoms with van der Waals surface area (Å²) in [5, 5.41) is 1.70. The molecule has 2 aromatic carbocycles. The maximum atomic E-state index is 12.7. The fourth-order valence-electron chi connectivity index (χ4n) is 6.92. The van der Waals surface area contributed by atoms with Crippen LogP contribution in [0.2, 0.25) is 5.04 Å². The number of hydrogen-bond acceptors (Lipinski definition) is 5. The van der Waals surface area contributed by atoms with Gasteiger partial charge < -0.3 is 19.0 Å². The van der Waals surface area contributed by atoms with E-state index in [2.05, 4.69) is 58.0 Å². The van der Waals surface area contributed by atoms with Crippen LogP contribution in [0.1, 0.15) is 143 Å². The number of carbonyl (C=O) groups is 1. The minimum atomic E-state index is -3.12. The van der Waals surface area contributed by atoms with Crippen LogP contribution in [0.15, 0.2) is 72.8 Å². The lowest BCUT2D eigenvalue weighted by Crippen LogP contribution is -2.65. The molecule has 0 aliphatic rings. The Bertz CT molecular complexity index is 1080. The highest BCUT2D eigenvalue weighted by atomic mass is 28.4. The van der Waals surface area contributed by atoms with Crippen LogP contribution in [0.5, 0.6) is 0 Å². The van der Waals surface area contributed by atoms with Gasteiger partial charge in [-0.2, -0.15) is 0 Å². The van der Waals surface area contributed by atoms with Crippen LogP contribution >= 0.6 is 0 Å². The Morgan fingerprint density at radius 3 is 1.70 bits per heavy atom. The van der Waals surface area contributed by atoms with Crippen molar-refractivity contribution < 1.29 is 23.8 Å². The van der Waals surface area contributed by atoms with Gasteiger partial charge in [0.25, 0.3) is 8.32 Å². The molecule has 2 aromatic rings. The average Bonchev–Trinajstić information content (AvgIpc) is 3.13. The van der Waals surface area contributed by atoms with Gasteiger partial charge in [-0.25, -0.2) is 0 Å². The van der Waals surface area contributed by atoms with E-state index in [1.54, 1.807) is 0 Å². The van der Waals surface area contributed by atoms with Crippen molar-refractivity contribution >= 4 is 24.7 Å². The Balaban J connectivity index is 1.82. The summed E-state index contributed by atoms with van der Waals surface area (Å²) in [6.07, 6.45) is 24.3. The van der Waals surface area contributed by atoms with E-state index >= 15 is 0 Å². The molecule has 0 spiro atoms. The van der Waals surface area contributed by atoms with Crippen molar-refractivity contribution in [2.24, 2.45) is 5.92 Å². The van der Waals surface area contributed by atoms with Gasteiger partial charge in [0.15, 0.2) is 0 Å². The van der Waals surface area contributed by atoms with Crippen LogP contribution in [0.3, 0.4) is 0 Å². The highest BCUT2D eigenvalue weighted by Gasteiger charge is 2.50. The lowest BCUT2D eigenvalue weighted by atomic mass is 9.97. The van der Waals surface area contributed by atoms with E-state index in [0.717, 1.165) is 55.5 Å². The normalized spacial score (nSPS) is 12.8. The van der Waals surface area contributed by atoms with Gasteiger partial charge in [-0.05, 0) is 53.9 Å². The molecule has 0 fully saturated rings. The van der Waals surface area contributed by atoms with Crippen LogP contribution in [0, 0.1) is 5.92 Å². The van der Waals surface area contributed by atoms with Crippen LogP contribution in [0.25, 0.3) is 0 Å². The smallest absolute Gasteiger partial charge is 0.306 e. The maximum absolute atomic E-state index is 12.7. The molecule has 1 atom stereocenters. The molecule has 2 rings (SSSR count). The third-order valence-corrected chi connectivity index (χ3v) is 14.4. The second kappa shape index (κ2) is 27.4. The SMILES string of the molecule is CCCCCCCC/C=C\COC(=O)CCCCCOCC(COCCCCCCCC)CC(C)(C)[Si](O)(c1ccccc1)c1ccccc1. The van der Waals surface area contributed by atoms with Gasteiger partial charge in [0, 0.05) is 25.6 Å². The van der Waals surface area contributed by atoms with E-state index in [1.165, 1.54) is 70.6 Å². The number of benzene rings is 2. The number of hydrogen-bond donors (Lipinski definition) is 1. The zero-order valence-corrected chi connectivity index (χ0v) is 33.3. The summed E-state index contributed by atoms with van der Waals surface area (Å²) in [4.78, 5) is 24.9. The van der Waals surface area contributed by atoms with Crippen molar-refractivity contribution in [1.29, 1.82) is 0 Å². The molecule has 1 unspecified atom stereocenters. The topological polar surface area (TPSA) is 65.0 Å². The molecule has 0 bridgehead atoms. The monoisotopic (exact) mass is 709 g/mol. The molecule has 5 nitrogen and oxygen atoms in total. The Kier molecular flexibility index (Phi) is 24.1. The van der Waals surface area contributed by atoms with Crippen molar-refractivity contribution in [3.8, 4) is 0 Å². The van der Waals surface area contributed by atoms with Crippen molar-refractivity contribution in [3.63, 3.8) is 0 Å².